The summed E-state index contributed by atoms with van der Waals surface area (Å²) in [4.78, 5) is 19.3. The van der Waals surface area contributed by atoms with E-state index in [1.165, 1.54) is 31.5 Å². The zero-order valence-corrected chi connectivity index (χ0v) is 16.3. The van der Waals surface area contributed by atoms with Gasteiger partial charge in [0.25, 0.3) is 5.91 Å². The molecule has 7 heteroatoms. The number of ether oxygens (including phenoxy) is 1. The van der Waals surface area contributed by atoms with Gasteiger partial charge < -0.3 is 15.0 Å². The van der Waals surface area contributed by atoms with E-state index >= 15 is 0 Å². The number of carbonyl (C=O) groups excluding carboxylic acids is 1. The fourth-order valence-corrected chi connectivity index (χ4v) is 3.71. The highest BCUT2D eigenvalue weighted by Crippen LogP contribution is 2.31. The lowest BCUT2D eigenvalue weighted by atomic mass is 10.1. The first-order valence-corrected chi connectivity index (χ1v) is 10.1. The maximum absolute atomic E-state index is 13.2. The minimum Gasteiger partial charge on any atom is -0.474 e. The second kappa shape index (κ2) is 8.45. The molecular weight excluding hydrogens is 381 g/mol. The van der Waals surface area contributed by atoms with E-state index in [1.54, 1.807) is 18.2 Å². The van der Waals surface area contributed by atoms with Crippen molar-refractivity contribution in [2.75, 3.05) is 25.0 Å². The van der Waals surface area contributed by atoms with Crippen molar-refractivity contribution in [3.8, 4) is 5.88 Å². The van der Waals surface area contributed by atoms with E-state index in [1.807, 2.05) is 0 Å². The molecule has 148 valence electrons. The monoisotopic (exact) mass is 403 g/mol. The van der Waals surface area contributed by atoms with E-state index in [2.05, 4.69) is 15.2 Å². The third-order valence-electron chi connectivity index (χ3n) is 5.18. The lowest BCUT2D eigenvalue weighted by Crippen LogP contribution is -2.39. The molecule has 1 amide bonds. The molecule has 0 spiro atoms. The van der Waals surface area contributed by atoms with Crippen molar-refractivity contribution in [3.63, 3.8) is 0 Å². The number of hydrogen-bond donors (Lipinski definition) is 1. The van der Waals surface area contributed by atoms with Crippen LogP contribution in [0.15, 0.2) is 36.4 Å². The van der Waals surface area contributed by atoms with Gasteiger partial charge in [0.15, 0.2) is 0 Å². The molecule has 1 aliphatic carbocycles. The Morgan fingerprint density at radius 2 is 2.00 bits per heavy atom. The molecule has 4 rings (SSSR count). The van der Waals surface area contributed by atoms with Gasteiger partial charge in [-0.05, 0) is 55.9 Å². The summed E-state index contributed by atoms with van der Waals surface area (Å²) in [5.41, 5.74) is 0.194. The molecule has 1 aromatic heterocycles. The second-order valence-corrected chi connectivity index (χ2v) is 7.91. The van der Waals surface area contributed by atoms with Crippen LogP contribution >= 0.6 is 11.6 Å². The van der Waals surface area contributed by atoms with Crippen LogP contribution in [0.2, 0.25) is 5.02 Å². The van der Waals surface area contributed by atoms with Crippen LogP contribution in [0.1, 0.15) is 36.0 Å². The van der Waals surface area contributed by atoms with E-state index in [9.17, 15) is 9.18 Å². The third kappa shape index (κ3) is 5.00. The van der Waals surface area contributed by atoms with Crippen molar-refractivity contribution >= 4 is 23.3 Å². The SMILES string of the molecule is O=C(Nc1cccc(OC2CCN(CC3CC3)CC2)n1)c1ccc(F)cc1Cl. The number of benzene rings is 1. The van der Waals surface area contributed by atoms with E-state index < -0.39 is 11.7 Å². The maximum atomic E-state index is 13.2. The van der Waals surface area contributed by atoms with Crippen LogP contribution in [0.25, 0.3) is 0 Å². The van der Waals surface area contributed by atoms with Crippen LogP contribution in [0, 0.1) is 11.7 Å². The summed E-state index contributed by atoms with van der Waals surface area (Å²) in [6, 6.07) is 8.91. The molecule has 28 heavy (non-hydrogen) atoms. The fraction of sp³-hybridized carbons (Fsp3) is 0.429. The Morgan fingerprint density at radius 1 is 1.21 bits per heavy atom. The van der Waals surface area contributed by atoms with Gasteiger partial charge in [-0.15, -0.1) is 0 Å². The molecule has 1 saturated heterocycles. The summed E-state index contributed by atoms with van der Waals surface area (Å²) in [5, 5.41) is 2.74. The predicted molar refractivity (Wildman–Crippen MR) is 106 cm³/mol. The third-order valence-corrected chi connectivity index (χ3v) is 5.49. The van der Waals surface area contributed by atoms with Gasteiger partial charge in [-0.1, -0.05) is 17.7 Å². The van der Waals surface area contributed by atoms with Crippen LogP contribution in [0.3, 0.4) is 0 Å². The number of pyridine rings is 1. The summed E-state index contributed by atoms with van der Waals surface area (Å²) in [7, 11) is 0. The minimum absolute atomic E-state index is 0.0582. The first kappa shape index (κ1) is 19.2. The molecule has 2 aliphatic rings. The average molecular weight is 404 g/mol. The number of hydrogen-bond acceptors (Lipinski definition) is 4. The molecule has 2 heterocycles. The molecule has 1 saturated carbocycles. The molecule has 0 radical (unpaired) electrons. The Morgan fingerprint density at radius 3 is 2.71 bits per heavy atom. The molecule has 0 bridgehead atoms. The van der Waals surface area contributed by atoms with Gasteiger partial charge in [0.2, 0.25) is 5.88 Å². The first-order chi connectivity index (χ1) is 13.6. The van der Waals surface area contributed by atoms with Gasteiger partial charge in [-0.25, -0.2) is 4.39 Å². The number of amides is 1. The van der Waals surface area contributed by atoms with E-state index in [0.717, 1.165) is 37.9 Å². The van der Waals surface area contributed by atoms with Crippen molar-refractivity contribution in [1.82, 2.24) is 9.88 Å². The highest BCUT2D eigenvalue weighted by molar-refractivity contribution is 6.34. The summed E-state index contributed by atoms with van der Waals surface area (Å²) in [5.74, 6) is 0.841. The second-order valence-electron chi connectivity index (χ2n) is 7.50. The number of likely N-dealkylation sites (tertiary alicyclic amines) is 1. The maximum Gasteiger partial charge on any atom is 0.258 e. The molecular formula is C21H23ClFN3O2. The highest BCUT2D eigenvalue weighted by Gasteiger charge is 2.27. The van der Waals surface area contributed by atoms with Crippen LogP contribution in [-0.2, 0) is 0 Å². The Bertz CT molecular complexity index is 851. The van der Waals surface area contributed by atoms with Crippen LogP contribution in [0.5, 0.6) is 5.88 Å². The molecule has 5 nitrogen and oxygen atoms in total. The van der Waals surface area contributed by atoms with E-state index in [-0.39, 0.29) is 16.7 Å². The Hall–Kier alpha value is -2.18. The zero-order chi connectivity index (χ0) is 19.5. The van der Waals surface area contributed by atoms with Crippen molar-refractivity contribution < 1.29 is 13.9 Å². The average Bonchev–Trinajstić information content (AvgIpc) is 3.47. The number of anilines is 1. The molecule has 2 aromatic rings. The van der Waals surface area contributed by atoms with Gasteiger partial charge in [0.1, 0.15) is 17.7 Å². The van der Waals surface area contributed by atoms with E-state index in [4.69, 9.17) is 16.3 Å². The largest absolute Gasteiger partial charge is 0.474 e. The van der Waals surface area contributed by atoms with Gasteiger partial charge in [-0.3, -0.25) is 4.79 Å². The predicted octanol–water partition coefficient (Wildman–Crippen LogP) is 4.38. The smallest absolute Gasteiger partial charge is 0.258 e. The summed E-state index contributed by atoms with van der Waals surface area (Å²) >= 11 is 5.95. The van der Waals surface area contributed by atoms with Crippen molar-refractivity contribution in [3.05, 3.63) is 52.8 Å². The normalized spacial score (nSPS) is 18.1. The van der Waals surface area contributed by atoms with Gasteiger partial charge in [-0.2, -0.15) is 4.98 Å². The van der Waals surface area contributed by atoms with Crippen LogP contribution in [-0.4, -0.2) is 41.5 Å². The number of aromatic nitrogens is 1. The number of carbonyl (C=O) groups is 1. The van der Waals surface area contributed by atoms with Crippen molar-refractivity contribution in [2.24, 2.45) is 5.92 Å². The number of rotatable bonds is 6. The Balaban J connectivity index is 1.33. The van der Waals surface area contributed by atoms with Crippen molar-refractivity contribution in [1.29, 1.82) is 0 Å². The van der Waals surface area contributed by atoms with Crippen molar-refractivity contribution in [2.45, 2.75) is 31.8 Å². The fourth-order valence-electron chi connectivity index (χ4n) is 3.45. The lowest BCUT2D eigenvalue weighted by Gasteiger charge is -2.31. The Kier molecular flexibility index (Phi) is 5.78. The number of piperidine rings is 1. The molecule has 2 fully saturated rings. The number of nitrogens with one attached hydrogen (secondary N) is 1. The lowest BCUT2D eigenvalue weighted by molar-refractivity contribution is 0.0945. The van der Waals surface area contributed by atoms with E-state index in [0.29, 0.717) is 11.7 Å². The van der Waals surface area contributed by atoms with Crippen LogP contribution in [0.4, 0.5) is 10.2 Å². The first-order valence-electron chi connectivity index (χ1n) is 9.69. The Labute approximate surface area is 168 Å². The van der Waals surface area contributed by atoms with Gasteiger partial charge in [0.05, 0.1) is 10.6 Å². The highest BCUT2D eigenvalue weighted by atomic mass is 35.5. The number of halogens is 2. The molecule has 1 N–H and O–H groups in total. The summed E-state index contributed by atoms with van der Waals surface area (Å²) in [6.07, 6.45) is 4.86. The summed E-state index contributed by atoms with van der Waals surface area (Å²) in [6.45, 7) is 3.33. The standard InChI is InChI=1S/C21H23ClFN3O2/c22-18-12-15(23)6-7-17(18)21(27)25-19-2-1-3-20(24-19)28-16-8-10-26(11-9-16)13-14-4-5-14/h1-3,6-7,12,14,16H,4-5,8-11,13H2,(H,24,25,27). The molecule has 1 aromatic carbocycles. The molecule has 0 atom stereocenters. The minimum atomic E-state index is -0.488. The quantitative estimate of drug-likeness (QED) is 0.777. The zero-order valence-electron chi connectivity index (χ0n) is 15.5. The van der Waals surface area contributed by atoms with Gasteiger partial charge >= 0.3 is 0 Å². The topological polar surface area (TPSA) is 54.5 Å². The summed E-state index contributed by atoms with van der Waals surface area (Å²) < 4.78 is 19.2. The molecule has 0 unspecified atom stereocenters. The number of nitrogens with zero attached hydrogens (tertiary/aromatic N) is 2. The molecule has 1 aliphatic heterocycles. The van der Waals surface area contributed by atoms with Crippen LogP contribution < -0.4 is 10.1 Å². The van der Waals surface area contributed by atoms with Gasteiger partial charge in [0, 0.05) is 25.7 Å².